The second-order valence-electron chi connectivity index (χ2n) is 3.30. The van der Waals surface area contributed by atoms with Crippen LogP contribution in [-0.2, 0) is 20.3 Å². The van der Waals surface area contributed by atoms with Crippen LogP contribution in [-0.4, -0.2) is 33.4 Å². The van der Waals surface area contributed by atoms with Crippen LogP contribution in [0.15, 0.2) is 5.38 Å². The molecular formula is C8H14N2O3S2. The van der Waals surface area contributed by atoms with Crippen LogP contribution < -0.4 is 5.73 Å². The molecule has 1 unspecified atom stereocenters. The molecule has 86 valence electrons. The second-order valence-corrected chi connectivity index (χ2v) is 6.38. The van der Waals surface area contributed by atoms with Gasteiger partial charge in [0.2, 0.25) is 0 Å². The molecule has 0 saturated carbocycles. The van der Waals surface area contributed by atoms with Crippen LogP contribution >= 0.6 is 11.3 Å². The number of hydrogen-bond acceptors (Lipinski definition) is 6. The molecule has 0 bridgehead atoms. The summed E-state index contributed by atoms with van der Waals surface area (Å²) in [4.78, 5) is 4.15. The minimum absolute atomic E-state index is 0.0304. The van der Waals surface area contributed by atoms with E-state index in [9.17, 15) is 8.42 Å². The second kappa shape index (κ2) is 5.02. The van der Waals surface area contributed by atoms with E-state index in [2.05, 4.69) is 4.98 Å². The molecule has 0 aromatic carbocycles. The molecule has 0 spiro atoms. The number of hydrogen-bond donors (Lipinski definition) is 1. The summed E-state index contributed by atoms with van der Waals surface area (Å²) in [5, 5.41) is 2.34. The Morgan fingerprint density at radius 1 is 1.67 bits per heavy atom. The van der Waals surface area contributed by atoms with Gasteiger partial charge in [-0.1, -0.05) is 0 Å². The van der Waals surface area contributed by atoms with E-state index in [1.165, 1.54) is 17.6 Å². The summed E-state index contributed by atoms with van der Waals surface area (Å²) < 4.78 is 26.9. The van der Waals surface area contributed by atoms with Gasteiger partial charge in [0.15, 0.2) is 9.84 Å². The largest absolute Gasteiger partial charge is 0.383 e. The van der Waals surface area contributed by atoms with Gasteiger partial charge >= 0.3 is 0 Å². The Hall–Kier alpha value is -0.500. The van der Waals surface area contributed by atoms with Gasteiger partial charge in [0, 0.05) is 18.7 Å². The number of rotatable bonds is 5. The van der Waals surface area contributed by atoms with Crippen LogP contribution in [0.25, 0.3) is 0 Å². The Labute approximate surface area is 93.2 Å². The molecule has 0 aliphatic heterocycles. The Balaban J connectivity index is 2.72. The maximum Gasteiger partial charge on any atom is 0.153 e. The average molecular weight is 250 g/mol. The Kier molecular flexibility index (Phi) is 4.21. The molecule has 0 aliphatic carbocycles. The molecule has 0 fully saturated rings. The molecule has 0 amide bonds. The molecule has 5 nitrogen and oxygen atoms in total. The maximum absolute atomic E-state index is 11.0. The number of nitrogens with two attached hydrogens (primary N) is 1. The van der Waals surface area contributed by atoms with Crippen molar-refractivity contribution in [1.29, 1.82) is 0 Å². The van der Waals surface area contributed by atoms with Crippen molar-refractivity contribution in [2.45, 2.75) is 11.8 Å². The van der Waals surface area contributed by atoms with Crippen LogP contribution in [0.5, 0.6) is 0 Å². The van der Waals surface area contributed by atoms with E-state index in [0.717, 1.165) is 0 Å². The van der Waals surface area contributed by atoms with Crippen LogP contribution in [0.1, 0.15) is 16.7 Å². The van der Waals surface area contributed by atoms with Crippen molar-refractivity contribution in [3.05, 3.63) is 16.1 Å². The summed E-state index contributed by atoms with van der Waals surface area (Å²) >= 11 is 1.30. The van der Waals surface area contributed by atoms with Gasteiger partial charge in [-0.3, -0.25) is 0 Å². The van der Waals surface area contributed by atoms with Crippen molar-refractivity contribution in [2.75, 3.05) is 20.0 Å². The predicted octanol–water partition coefficient (Wildman–Crippen LogP) is 0.334. The zero-order valence-corrected chi connectivity index (χ0v) is 10.3. The van der Waals surface area contributed by atoms with Gasteiger partial charge in [0.25, 0.3) is 0 Å². The van der Waals surface area contributed by atoms with E-state index in [1.54, 1.807) is 12.5 Å². The van der Waals surface area contributed by atoms with E-state index in [1.807, 2.05) is 0 Å². The summed E-state index contributed by atoms with van der Waals surface area (Å²) in [6.45, 7) is 0.377. The molecule has 0 radical (unpaired) electrons. The van der Waals surface area contributed by atoms with E-state index < -0.39 is 9.84 Å². The first-order valence-corrected chi connectivity index (χ1v) is 7.23. The third-order valence-electron chi connectivity index (χ3n) is 1.68. The molecule has 7 heteroatoms. The monoisotopic (exact) mass is 250 g/mol. The summed E-state index contributed by atoms with van der Waals surface area (Å²) in [7, 11) is -1.47. The molecule has 0 saturated heterocycles. The molecule has 1 rings (SSSR count). The van der Waals surface area contributed by atoms with E-state index in [4.69, 9.17) is 10.5 Å². The fourth-order valence-electron chi connectivity index (χ4n) is 1.05. The molecule has 15 heavy (non-hydrogen) atoms. The maximum atomic E-state index is 11.0. The number of aromatic nitrogens is 1. The first kappa shape index (κ1) is 12.6. The van der Waals surface area contributed by atoms with Crippen LogP contribution in [0.4, 0.5) is 0 Å². The van der Waals surface area contributed by atoms with E-state index >= 15 is 0 Å². The number of nitrogens with zero attached hydrogens (tertiary/aromatic N) is 1. The van der Waals surface area contributed by atoms with Crippen LogP contribution in [0.2, 0.25) is 0 Å². The zero-order valence-electron chi connectivity index (χ0n) is 8.63. The fraction of sp³-hybridized carbons (Fsp3) is 0.625. The minimum atomic E-state index is -3.03. The van der Waals surface area contributed by atoms with Gasteiger partial charge in [-0.15, -0.1) is 11.3 Å². The van der Waals surface area contributed by atoms with Gasteiger partial charge in [0.1, 0.15) is 10.8 Å². The lowest BCUT2D eigenvalue weighted by Gasteiger charge is -2.05. The van der Waals surface area contributed by atoms with Crippen molar-refractivity contribution >= 4 is 21.2 Å². The number of thiazole rings is 1. The highest BCUT2D eigenvalue weighted by Crippen LogP contribution is 2.17. The molecule has 0 aliphatic rings. The molecule has 2 N–H and O–H groups in total. The van der Waals surface area contributed by atoms with Gasteiger partial charge in [-0.25, -0.2) is 13.4 Å². The Morgan fingerprint density at radius 2 is 2.33 bits per heavy atom. The third kappa shape index (κ3) is 4.25. The van der Waals surface area contributed by atoms with Crippen LogP contribution in [0, 0.1) is 0 Å². The van der Waals surface area contributed by atoms with E-state index in [0.29, 0.717) is 17.3 Å². The Bertz CT molecular complexity index is 413. The van der Waals surface area contributed by atoms with Gasteiger partial charge in [-0.2, -0.15) is 0 Å². The summed E-state index contributed by atoms with van der Waals surface area (Å²) in [5.41, 5.74) is 6.43. The summed E-state index contributed by atoms with van der Waals surface area (Å²) in [5.74, 6) is -0.0304. The van der Waals surface area contributed by atoms with Gasteiger partial charge in [-0.05, 0) is 0 Å². The highest BCUT2D eigenvalue weighted by atomic mass is 32.2. The first-order chi connectivity index (χ1) is 6.92. The lowest BCUT2D eigenvalue weighted by atomic mass is 10.3. The summed E-state index contributed by atoms with van der Waals surface area (Å²) in [6, 6.07) is -0.292. The van der Waals surface area contributed by atoms with Crippen molar-refractivity contribution in [2.24, 2.45) is 5.73 Å². The number of ether oxygens (including phenoxy) is 1. The quantitative estimate of drug-likeness (QED) is 0.814. The lowest BCUT2D eigenvalue weighted by Crippen LogP contribution is -2.16. The van der Waals surface area contributed by atoms with Gasteiger partial charge < -0.3 is 10.5 Å². The van der Waals surface area contributed by atoms with Crippen molar-refractivity contribution < 1.29 is 13.2 Å². The number of sulfone groups is 1. The average Bonchev–Trinajstić information content (AvgIpc) is 2.50. The molecule has 1 atom stereocenters. The molecule has 1 aromatic heterocycles. The number of methoxy groups -OCH3 is 1. The molecule has 1 heterocycles. The highest BCUT2D eigenvalue weighted by molar-refractivity contribution is 7.90. The highest BCUT2D eigenvalue weighted by Gasteiger charge is 2.13. The first-order valence-electron chi connectivity index (χ1n) is 4.29. The predicted molar refractivity (Wildman–Crippen MR) is 59.5 cm³/mol. The SMILES string of the molecule is COCC(N)c1csc(CS(C)(=O)=O)n1. The molecular weight excluding hydrogens is 236 g/mol. The van der Waals surface area contributed by atoms with E-state index in [-0.39, 0.29) is 11.8 Å². The standard InChI is InChI=1S/C8H14N2O3S2/c1-13-3-6(9)7-4-14-8(10-7)5-15(2,11)12/h4,6H,3,5,9H2,1-2H3. The minimum Gasteiger partial charge on any atom is -0.383 e. The van der Waals surface area contributed by atoms with Gasteiger partial charge in [0.05, 0.1) is 18.3 Å². The topological polar surface area (TPSA) is 82.3 Å². The smallest absolute Gasteiger partial charge is 0.153 e. The lowest BCUT2D eigenvalue weighted by molar-refractivity contribution is 0.180. The fourth-order valence-corrected chi connectivity index (χ4v) is 3.12. The van der Waals surface area contributed by atoms with Crippen molar-refractivity contribution in [3.8, 4) is 0 Å². The zero-order chi connectivity index (χ0) is 11.5. The normalized spacial score (nSPS) is 14.1. The molecule has 1 aromatic rings. The van der Waals surface area contributed by atoms with Crippen LogP contribution in [0.3, 0.4) is 0 Å². The third-order valence-corrected chi connectivity index (χ3v) is 3.53. The summed E-state index contributed by atoms with van der Waals surface area (Å²) in [6.07, 6.45) is 1.18. The van der Waals surface area contributed by atoms with Crippen molar-refractivity contribution in [1.82, 2.24) is 4.98 Å². The Morgan fingerprint density at radius 3 is 2.87 bits per heavy atom. The van der Waals surface area contributed by atoms with Crippen molar-refractivity contribution in [3.63, 3.8) is 0 Å².